The lowest BCUT2D eigenvalue weighted by Crippen LogP contribution is -2.39. The van der Waals surface area contributed by atoms with Crippen LogP contribution in [-0.2, 0) is 9.59 Å². The maximum absolute atomic E-state index is 11.5. The average Bonchev–Trinajstić information content (AvgIpc) is 2.72. The largest absolute Gasteiger partial charge is 0.480 e. The fourth-order valence-corrected chi connectivity index (χ4v) is 1.96. The molecule has 0 radical (unpaired) electrons. The van der Waals surface area contributed by atoms with E-state index in [4.69, 9.17) is 5.11 Å². The van der Waals surface area contributed by atoms with Gasteiger partial charge in [0.2, 0.25) is 5.91 Å². The molecule has 0 bridgehead atoms. The van der Waals surface area contributed by atoms with E-state index in [1.807, 2.05) is 19.2 Å². The highest BCUT2D eigenvalue weighted by molar-refractivity contribution is 7.09. The van der Waals surface area contributed by atoms with Gasteiger partial charge in [0, 0.05) is 11.5 Å². The molecule has 0 aromatic carbocycles. The number of amides is 1. The molecule has 1 atom stereocenters. The molecule has 18 heavy (non-hydrogen) atoms. The van der Waals surface area contributed by atoms with E-state index in [-0.39, 0.29) is 0 Å². The van der Waals surface area contributed by atoms with Crippen molar-refractivity contribution in [1.82, 2.24) is 10.3 Å². The smallest absolute Gasteiger partial charge is 0.326 e. The molecule has 1 heterocycles. The number of carboxylic acids is 1. The predicted molar refractivity (Wildman–Crippen MR) is 70.4 cm³/mol. The van der Waals surface area contributed by atoms with Crippen LogP contribution in [0.25, 0.3) is 6.08 Å². The van der Waals surface area contributed by atoms with Gasteiger partial charge in [0.15, 0.2) is 0 Å². The van der Waals surface area contributed by atoms with Crippen molar-refractivity contribution < 1.29 is 14.7 Å². The Labute approximate surface area is 110 Å². The molecule has 1 rings (SSSR count). The van der Waals surface area contributed by atoms with Gasteiger partial charge in [0.25, 0.3) is 0 Å². The van der Waals surface area contributed by atoms with Gasteiger partial charge in [-0.3, -0.25) is 4.79 Å². The average molecular weight is 268 g/mol. The minimum absolute atomic E-state index is 0.415. The lowest BCUT2D eigenvalue weighted by molar-refractivity contribution is -0.141. The topological polar surface area (TPSA) is 79.3 Å². The van der Waals surface area contributed by atoms with Crippen molar-refractivity contribution >= 4 is 29.3 Å². The number of nitrogens with one attached hydrogen (secondary N) is 1. The maximum atomic E-state index is 11.5. The number of aryl methyl sites for hydroxylation is 1. The van der Waals surface area contributed by atoms with Gasteiger partial charge in [-0.15, -0.1) is 11.3 Å². The number of carbonyl (C=O) groups is 2. The van der Waals surface area contributed by atoms with Crippen LogP contribution in [-0.4, -0.2) is 28.0 Å². The maximum Gasteiger partial charge on any atom is 0.326 e. The summed E-state index contributed by atoms with van der Waals surface area (Å²) in [6.07, 6.45) is 4.00. The quantitative estimate of drug-likeness (QED) is 0.771. The van der Waals surface area contributed by atoms with Crippen molar-refractivity contribution in [3.05, 3.63) is 22.2 Å². The number of hydrogen-bond donors (Lipinski definition) is 2. The summed E-state index contributed by atoms with van der Waals surface area (Å²) in [4.78, 5) is 26.5. The zero-order valence-corrected chi connectivity index (χ0v) is 11.2. The van der Waals surface area contributed by atoms with E-state index < -0.39 is 17.9 Å². The molecule has 0 saturated carbocycles. The van der Waals surface area contributed by atoms with Crippen LogP contribution in [0.1, 0.15) is 30.5 Å². The monoisotopic (exact) mass is 268 g/mol. The summed E-state index contributed by atoms with van der Waals surface area (Å²) in [6, 6.07) is -0.829. The molecule has 6 heteroatoms. The Morgan fingerprint density at radius 3 is 2.83 bits per heavy atom. The number of carboxylic acid groups (broad SMARTS) is 1. The SMILES string of the molecule is CCC[C@@H](NC(=O)/C=C/c1csc(C)n1)C(=O)O. The minimum atomic E-state index is -1.01. The molecular formula is C12H16N2O3S. The summed E-state index contributed by atoms with van der Waals surface area (Å²) in [7, 11) is 0. The van der Waals surface area contributed by atoms with Gasteiger partial charge in [0.1, 0.15) is 6.04 Å². The molecular weight excluding hydrogens is 252 g/mol. The standard InChI is InChI=1S/C12H16N2O3S/c1-3-4-10(12(16)17)14-11(15)6-5-9-7-18-8(2)13-9/h5-7,10H,3-4H2,1-2H3,(H,14,15)(H,16,17)/b6-5+/t10-/m1/s1. The Morgan fingerprint density at radius 2 is 2.33 bits per heavy atom. The van der Waals surface area contributed by atoms with Gasteiger partial charge in [-0.25, -0.2) is 9.78 Å². The number of nitrogens with zero attached hydrogens (tertiary/aromatic N) is 1. The third-order valence-corrected chi connectivity index (χ3v) is 3.03. The highest BCUT2D eigenvalue weighted by atomic mass is 32.1. The van der Waals surface area contributed by atoms with Crippen LogP contribution in [0.15, 0.2) is 11.5 Å². The van der Waals surface area contributed by atoms with Gasteiger partial charge in [-0.1, -0.05) is 13.3 Å². The van der Waals surface area contributed by atoms with E-state index in [0.717, 1.165) is 5.01 Å². The summed E-state index contributed by atoms with van der Waals surface area (Å²) in [5.41, 5.74) is 0.704. The number of thiazole rings is 1. The fraction of sp³-hybridized carbons (Fsp3) is 0.417. The Morgan fingerprint density at radius 1 is 1.61 bits per heavy atom. The van der Waals surface area contributed by atoms with E-state index in [9.17, 15) is 9.59 Å². The second-order valence-corrected chi connectivity index (χ2v) is 4.88. The van der Waals surface area contributed by atoms with E-state index in [2.05, 4.69) is 10.3 Å². The Kier molecular flexibility index (Phi) is 5.51. The number of hydrogen-bond acceptors (Lipinski definition) is 4. The molecule has 0 aliphatic rings. The van der Waals surface area contributed by atoms with Crippen molar-refractivity contribution in [2.75, 3.05) is 0 Å². The van der Waals surface area contributed by atoms with Gasteiger partial charge in [-0.2, -0.15) is 0 Å². The molecule has 1 amide bonds. The summed E-state index contributed by atoms with van der Waals surface area (Å²) < 4.78 is 0. The Hall–Kier alpha value is -1.69. The fourth-order valence-electron chi connectivity index (χ4n) is 1.38. The number of carbonyl (C=O) groups excluding carboxylic acids is 1. The molecule has 0 aliphatic carbocycles. The molecule has 2 N–H and O–H groups in total. The van der Waals surface area contributed by atoms with Gasteiger partial charge in [-0.05, 0) is 19.4 Å². The first-order chi connectivity index (χ1) is 8.52. The molecule has 1 aromatic heterocycles. The molecule has 0 aliphatic heterocycles. The molecule has 0 saturated heterocycles. The highest BCUT2D eigenvalue weighted by Gasteiger charge is 2.17. The van der Waals surface area contributed by atoms with Crippen LogP contribution in [0.2, 0.25) is 0 Å². The second-order valence-electron chi connectivity index (χ2n) is 3.81. The van der Waals surface area contributed by atoms with Crippen molar-refractivity contribution in [3.63, 3.8) is 0 Å². The first-order valence-corrected chi connectivity index (χ1v) is 6.54. The van der Waals surface area contributed by atoms with Crippen LogP contribution < -0.4 is 5.32 Å². The second kappa shape index (κ2) is 6.90. The van der Waals surface area contributed by atoms with E-state index >= 15 is 0 Å². The molecule has 0 spiro atoms. The number of aromatic nitrogens is 1. The van der Waals surface area contributed by atoms with Gasteiger partial charge >= 0.3 is 5.97 Å². The van der Waals surface area contributed by atoms with E-state index in [1.54, 1.807) is 6.08 Å². The summed E-state index contributed by atoms with van der Waals surface area (Å²) in [5.74, 6) is -1.43. The molecule has 5 nitrogen and oxygen atoms in total. The lowest BCUT2D eigenvalue weighted by atomic mass is 10.1. The van der Waals surface area contributed by atoms with Crippen molar-refractivity contribution in [2.45, 2.75) is 32.7 Å². The first-order valence-electron chi connectivity index (χ1n) is 5.66. The zero-order valence-electron chi connectivity index (χ0n) is 10.3. The minimum Gasteiger partial charge on any atom is -0.480 e. The number of rotatable bonds is 6. The van der Waals surface area contributed by atoms with Gasteiger partial charge in [0.05, 0.1) is 10.7 Å². The van der Waals surface area contributed by atoms with Crippen LogP contribution in [0.5, 0.6) is 0 Å². The number of aliphatic carboxylic acids is 1. The molecule has 0 unspecified atom stereocenters. The van der Waals surface area contributed by atoms with E-state index in [1.165, 1.54) is 17.4 Å². The normalized spacial score (nSPS) is 12.6. The Bertz CT molecular complexity index is 454. The molecule has 0 fully saturated rings. The lowest BCUT2D eigenvalue weighted by Gasteiger charge is -2.11. The van der Waals surface area contributed by atoms with Gasteiger partial charge < -0.3 is 10.4 Å². The zero-order chi connectivity index (χ0) is 13.5. The predicted octanol–water partition coefficient (Wildman–Crippen LogP) is 1.83. The van der Waals surface area contributed by atoms with Crippen molar-refractivity contribution in [3.8, 4) is 0 Å². The van der Waals surface area contributed by atoms with Crippen LogP contribution in [0, 0.1) is 6.92 Å². The molecule has 98 valence electrons. The summed E-state index contributed by atoms with van der Waals surface area (Å²) in [5, 5.41) is 14.1. The van der Waals surface area contributed by atoms with Crippen LogP contribution in [0.3, 0.4) is 0 Å². The third-order valence-electron chi connectivity index (χ3n) is 2.23. The van der Waals surface area contributed by atoms with E-state index in [0.29, 0.717) is 18.5 Å². The third kappa shape index (κ3) is 4.67. The van der Waals surface area contributed by atoms with Crippen molar-refractivity contribution in [1.29, 1.82) is 0 Å². The highest BCUT2D eigenvalue weighted by Crippen LogP contribution is 2.09. The summed E-state index contributed by atoms with van der Waals surface area (Å²) >= 11 is 1.49. The van der Waals surface area contributed by atoms with Crippen molar-refractivity contribution in [2.24, 2.45) is 0 Å². The summed E-state index contributed by atoms with van der Waals surface area (Å²) in [6.45, 7) is 3.75. The van der Waals surface area contributed by atoms with Crippen LogP contribution in [0.4, 0.5) is 0 Å². The van der Waals surface area contributed by atoms with Crippen LogP contribution >= 0.6 is 11.3 Å². The Balaban J connectivity index is 2.54. The first kappa shape index (κ1) is 14.4. The molecule has 1 aromatic rings.